The van der Waals surface area contributed by atoms with Crippen LogP contribution in [0.4, 0.5) is 20.4 Å². The normalized spacial score (nSPS) is 15.8. The molecule has 10 nitrogen and oxygen atoms in total. The maximum absolute atomic E-state index is 14.6. The number of nitrogens with one attached hydrogen (secondary N) is 3. The number of amides is 2. The van der Waals surface area contributed by atoms with Crippen LogP contribution in [0.3, 0.4) is 0 Å². The molecule has 1 atom stereocenters. The van der Waals surface area contributed by atoms with Crippen LogP contribution in [0.2, 0.25) is 0 Å². The summed E-state index contributed by atoms with van der Waals surface area (Å²) < 4.78 is 35.0. The van der Waals surface area contributed by atoms with Gasteiger partial charge >= 0.3 is 0 Å². The Morgan fingerprint density at radius 3 is 2.60 bits per heavy atom. The third kappa shape index (κ3) is 5.36. The molecule has 0 radical (unpaired) electrons. The van der Waals surface area contributed by atoms with Crippen LogP contribution in [-0.2, 0) is 11.3 Å². The number of hydrogen-bond donors (Lipinski definition) is 3. The van der Waals surface area contributed by atoms with Crippen molar-refractivity contribution in [1.82, 2.24) is 25.5 Å². The van der Waals surface area contributed by atoms with E-state index >= 15 is 0 Å². The lowest BCUT2D eigenvalue weighted by atomic mass is 10.0. The fourth-order valence-electron chi connectivity index (χ4n) is 4.94. The van der Waals surface area contributed by atoms with E-state index in [2.05, 4.69) is 30.9 Å². The van der Waals surface area contributed by atoms with Crippen molar-refractivity contribution < 1.29 is 22.8 Å². The van der Waals surface area contributed by atoms with Crippen LogP contribution in [0, 0.1) is 11.6 Å². The van der Waals surface area contributed by atoms with Crippen LogP contribution < -0.4 is 16.0 Å². The van der Waals surface area contributed by atoms with Gasteiger partial charge in [0.05, 0.1) is 24.1 Å². The summed E-state index contributed by atoms with van der Waals surface area (Å²) in [5, 5.41) is 8.84. The zero-order valence-corrected chi connectivity index (χ0v) is 21.9. The van der Waals surface area contributed by atoms with Gasteiger partial charge in [0.25, 0.3) is 5.91 Å². The van der Waals surface area contributed by atoms with E-state index in [1.807, 2.05) is 0 Å². The summed E-state index contributed by atoms with van der Waals surface area (Å²) in [6.45, 7) is 1.41. The fourth-order valence-corrected chi connectivity index (χ4v) is 4.94. The van der Waals surface area contributed by atoms with Crippen molar-refractivity contribution in [2.24, 2.45) is 4.99 Å². The Morgan fingerprint density at radius 1 is 1.10 bits per heavy atom. The molecular formula is C30H29F2N7O3. The summed E-state index contributed by atoms with van der Waals surface area (Å²) in [7, 11) is 1.57. The van der Waals surface area contributed by atoms with Crippen LogP contribution in [-0.4, -0.2) is 65.1 Å². The van der Waals surface area contributed by atoms with Crippen molar-refractivity contribution in [3.63, 3.8) is 0 Å². The Bertz CT molecular complexity index is 1650. The van der Waals surface area contributed by atoms with Gasteiger partial charge < -0.3 is 25.3 Å². The molecule has 4 aromatic rings. The van der Waals surface area contributed by atoms with E-state index in [0.29, 0.717) is 46.9 Å². The first-order chi connectivity index (χ1) is 19.9. The SMILES string of the molecule is C.CNC(=O)C1CN(C(=O)c2ccc(Nc3ncc4c(n3)-c3occc3C(c3c(F)cccc3F)=NC4)cc2)CCN1. The average Bonchev–Trinajstić information content (AvgIpc) is 3.43. The van der Waals surface area contributed by atoms with E-state index in [9.17, 15) is 18.4 Å². The quantitative estimate of drug-likeness (QED) is 0.331. The van der Waals surface area contributed by atoms with E-state index in [-0.39, 0.29) is 49.6 Å². The number of aromatic nitrogens is 2. The molecule has 6 rings (SSSR count). The molecular weight excluding hydrogens is 544 g/mol. The van der Waals surface area contributed by atoms with Crippen molar-refractivity contribution in [2.75, 3.05) is 32.0 Å². The van der Waals surface area contributed by atoms with Gasteiger partial charge in [-0.15, -0.1) is 0 Å². The number of aliphatic imine (C=N–C) groups is 1. The van der Waals surface area contributed by atoms with Gasteiger partial charge in [-0.25, -0.2) is 18.7 Å². The van der Waals surface area contributed by atoms with Gasteiger partial charge in [0.15, 0.2) is 5.76 Å². The van der Waals surface area contributed by atoms with Gasteiger partial charge in [-0.05, 0) is 42.5 Å². The molecule has 1 saturated heterocycles. The standard InChI is InChI=1S/C29H25F2N7O3.CH4/c1-32-27(39)22-15-38(11-10-33-22)28(40)16-5-7-18(8-6-16)36-29-35-14-17-13-34-25(23-20(30)3-2-4-21(23)31)19-9-12-41-26(19)24(17)37-29;/h2-9,12,14,22,33H,10-11,13,15H2,1H3,(H,32,39)(H,35,36,37);1H4. The predicted molar refractivity (Wildman–Crippen MR) is 154 cm³/mol. The largest absolute Gasteiger partial charge is 0.462 e. The zero-order valence-electron chi connectivity index (χ0n) is 21.9. The number of carbonyl (C=O) groups excluding carboxylic acids is 2. The lowest BCUT2D eigenvalue weighted by molar-refractivity contribution is -0.123. The monoisotopic (exact) mass is 573 g/mol. The molecule has 42 heavy (non-hydrogen) atoms. The molecule has 2 aromatic heterocycles. The fraction of sp³-hybridized carbons (Fsp3) is 0.233. The number of hydrogen-bond acceptors (Lipinski definition) is 8. The topological polar surface area (TPSA) is 125 Å². The predicted octanol–water partition coefficient (Wildman–Crippen LogP) is 3.91. The molecule has 12 heteroatoms. The Morgan fingerprint density at radius 2 is 1.86 bits per heavy atom. The van der Waals surface area contributed by atoms with Gasteiger partial charge in [-0.1, -0.05) is 13.5 Å². The molecule has 4 heterocycles. The highest BCUT2D eigenvalue weighted by Gasteiger charge is 2.29. The van der Waals surface area contributed by atoms with E-state index in [1.165, 1.54) is 24.5 Å². The lowest BCUT2D eigenvalue weighted by Gasteiger charge is -2.32. The Hall–Kier alpha value is -4.97. The van der Waals surface area contributed by atoms with Crippen molar-refractivity contribution in [1.29, 1.82) is 0 Å². The molecule has 0 aliphatic carbocycles. The van der Waals surface area contributed by atoms with Crippen molar-refractivity contribution >= 4 is 29.2 Å². The van der Waals surface area contributed by atoms with Crippen molar-refractivity contribution in [3.8, 4) is 11.5 Å². The number of likely N-dealkylation sites (N-methyl/N-ethyl adjacent to an activating group) is 1. The summed E-state index contributed by atoms with van der Waals surface area (Å²) in [6, 6.07) is 11.7. The molecule has 216 valence electrons. The third-order valence-corrected chi connectivity index (χ3v) is 7.02. The number of rotatable bonds is 5. The second kappa shape index (κ2) is 11.9. The summed E-state index contributed by atoms with van der Waals surface area (Å²) in [5.74, 6) is -1.18. The lowest BCUT2D eigenvalue weighted by Crippen LogP contribution is -2.57. The van der Waals surface area contributed by atoms with Crippen molar-refractivity contribution in [2.45, 2.75) is 20.0 Å². The van der Waals surface area contributed by atoms with Gasteiger partial charge in [-0.2, -0.15) is 0 Å². The highest BCUT2D eigenvalue weighted by atomic mass is 19.1. The minimum absolute atomic E-state index is 0. The number of carbonyl (C=O) groups is 2. The first-order valence-electron chi connectivity index (χ1n) is 13.0. The van der Waals surface area contributed by atoms with Crippen LogP contribution >= 0.6 is 0 Å². The number of piperazine rings is 1. The van der Waals surface area contributed by atoms with Crippen molar-refractivity contribution in [3.05, 3.63) is 94.9 Å². The molecule has 1 fully saturated rings. The van der Waals surface area contributed by atoms with E-state index in [0.717, 1.165) is 0 Å². The van der Waals surface area contributed by atoms with Gasteiger partial charge in [0, 0.05) is 55.3 Å². The molecule has 0 spiro atoms. The Kier molecular flexibility index (Phi) is 8.07. The zero-order chi connectivity index (χ0) is 28.5. The minimum atomic E-state index is -0.722. The molecule has 2 aliphatic heterocycles. The summed E-state index contributed by atoms with van der Waals surface area (Å²) >= 11 is 0. The van der Waals surface area contributed by atoms with E-state index in [4.69, 9.17) is 4.42 Å². The number of fused-ring (bicyclic) bond motifs is 3. The highest BCUT2D eigenvalue weighted by molar-refractivity contribution is 6.16. The Labute approximate surface area is 240 Å². The highest BCUT2D eigenvalue weighted by Crippen LogP contribution is 2.34. The van der Waals surface area contributed by atoms with Crippen LogP contribution in [0.15, 0.2) is 70.4 Å². The van der Waals surface area contributed by atoms with Crippen LogP contribution in [0.25, 0.3) is 11.5 Å². The number of anilines is 2. The minimum Gasteiger partial charge on any atom is -0.462 e. The maximum Gasteiger partial charge on any atom is 0.253 e. The van der Waals surface area contributed by atoms with Crippen LogP contribution in [0.1, 0.15) is 34.5 Å². The second-order valence-electron chi connectivity index (χ2n) is 9.57. The van der Waals surface area contributed by atoms with Gasteiger partial charge in [-0.3, -0.25) is 14.6 Å². The first kappa shape index (κ1) is 28.6. The number of benzene rings is 2. The third-order valence-electron chi connectivity index (χ3n) is 7.02. The molecule has 3 N–H and O–H groups in total. The number of furan rings is 1. The molecule has 2 aliphatic rings. The summed E-state index contributed by atoms with van der Waals surface area (Å²) in [4.78, 5) is 40.2. The molecule has 2 amide bonds. The number of nitrogens with zero attached hydrogens (tertiary/aromatic N) is 4. The van der Waals surface area contributed by atoms with Gasteiger partial charge in [0.1, 0.15) is 23.4 Å². The molecule has 1 unspecified atom stereocenters. The molecule has 0 bridgehead atoms. The second-order valence-corrected chi connectivity index (χ2v) is 9.57. The Balaban J connectivity index is 0.00000353. The molecule has 2 aromatic carbocycles. The smallest absolute Gasteiger partial charge is 0.253 e. The summed E-state index contributed by atoms with van der Waals surface area (Å²) in [5.41, 5.74) is 2.55. The molecule has 0 saturated carbocycles. The maximum atomic E-state index is 14.6. The summed E-state index contributed by atoms with van der Waals surface area (Å²) in [6.07, 6.45) is 3.01. The average molecular weight is 574 g/mol. The number of halogens is 2. The van der Waals surface area contributed by atoms with Gasteiger partial charge in [0.2, 0.25) is 11.9 Å². The van der Waals surface area contributed by atoms with E-state index in [1.54, 1.807) is 48.5 Å². The first-order valence-corrected chi connectivity index (χ1v) is 13.0. The van der Waals surface area contributed by atoms with E-state index < -0.39 is 17.7 Å². The van der Waals surface area contributed by atoms with Crippen LogP contribution in [0.5, 0.6) is 0 Å².